The first-order valence-electron chi connectivity index (χ1n) is 6.51. The van der Waals surface area contributed by atoms with Crippen molar-refractivity contribution in [2.45, 2.75) is 32.6 Å². The van der Waals surface area contributed by atoms with Crippen molar-refractivity contribution >= 4 is 5.78 Å². The highest BCUT2D eigenvalue weighted by atomic mass is 16.5. The lowest BCUT2D eigenvalue weighted by molar-refractivity contribution is 0.0975. The summed E-state index contributed by atoms with van der Waals surface area (Å²) in [7, 11) is 4.62. The summed E-state index contributed by atoms with van der Waals surface area (Å²) in [4.78, 5) is 12.2. The molecule has 0 radical (unpaired) electrons. The van der Waals surface area contributed by atoms with Crippen molar-refractivity contribution in [1.29, 1.82) is 0 Å². The Hall–Kier alpha value is -1.71. The molecule has 0 unspecified atom stereocenters. The molecule has 0 spiro atoms. The largest absolute Gasteiger partial charge is 0.493 e. The number of rotatable bonds is 8. The third-order valence-corrected chi connectivity index (χ3v) is 3.01. The molecule has 0 saturated heterocycles. The zero-order valence-corrected chi connectivity index (χ0v) is 12.1. The van der Waals surface area contributed by atoms with Crippen molar-refractivity contribution in [1.82, 2.24) is 0 Å². The van der Waals surface area contributed by atoms with Crippen LogP contribution >= 0.6 is 0 Å². The zero-order chi connectivity index (χ0) is 14.3. The van der Waals surface area contributed by atoms with Crippen molar-refractivity contribution < 1.29 is 19.0 Å². The van der Waals surface area contributed by atoms with Gasteiger partial charge >= 0.3 is 0 Å². The van der Waals surface area contributed by atoms with Gasteiger partial charge in [-0.2, -0.15) is 0 Å². The third kappa shape index (κ3) is 3.63. The first-order chi connectivity index (χ1) is 9.19. The average Bonchev–Trinajstić information content (AvgIpc) is 2.45. The molecule has 1 aromatic rings. The van der Waals surface area contributed by atoms with Gasteiger partial charge in [0.15, 0.2) is 17.3 Å². The summed E-state index contributed by atoms with van der Waals surface area (Å²) >= 11 is 0. The fraction of sp³-hybridized carbons (Fsp3) is 0.533. The first kappa shape index (κ1) is 15.3. The summed E-state index contributed by atoms with van der Waals surface area (Å²) < 4.78 is 15.8. The van der Waals surface area contributed by atoms with Gasteiger partial charge in [-0.05, 0) is 18.6 Å². The molecular weight excluding hydrogens is 244 g/mol. The van der Waals surface area contributed by atoms with Gasteiger partial charge in [-0.25, -0.2) is 0 Å². The molecule has 0 fully saturated rings. The molecule has 0 atom stereocenters. The highest BCUT2D eigenvalue weighted by molar-refractivity contribution is 5.99. The Bertz CT molecular complexity index is 426. The van der Waals surface area contributed by atoms with E-state index in [1.165, 1.54) is 14.2 Å². The molecule has 1 rings (SSSR count). The predicted octanol–water partition coefficient (Wildman–Crippen LogP) is 3.48. The second-order valence-electron chi connectivity index (χ2n) is 4.26. The number of hydrogen-bond donors (Lipinski definition) is 0. The quantitative estimate of drug-likeness (QED) is 0.534. The smallest absolute Gasteiger partial charge is 0.204 e. The van der Waals surface area contributed by atoms with Crippen molar-refractivity contribution in [3.63, 3.8) is 0 Å². The topological polar surface area (TPSA) is 44.8 Å². The van der Waals surface area contributed by atoms with E-state index in [2.05, 4.69) is 6.92 Å². The molecule has 0 bridgehead atoms. The molecule has 4 nitrogen and oxygen atoms in total. The first-order valence-corrected chi connectivity index (χ1v) is 6.51. The van der Waals surface area contributed by atoms with Crippen LogP contribution in [0.4, 0.5) is 0 Å². The average molecular weight is 266 g/mol. The number of unbranched alkanes of at least 4 members (excludes halogenated alkanes) is 2. The number of methoxy groups -OCH3 is 3. The molecule has 0 amide bonds. The molecule has 19 heavy (non-hydrogen) atoms. The van der Waals surface area contributed by atoms with Gasteiger partial charge < -0.3 is 14.2 Å². The number of hydrogen-bond acceptors (Lipinski definition) is 4. The summed E-state index contributed by atoms with van der Waals surface area (Å²) in [5, 5.41) is 0. The summed E-state index contributed by atoms with van der Waals surface area (Å²) in [6.45, 7) is 2.11. The van der Waals surface area contributed by atoms with E-state index in [1.54, 1.807) is 19.2 Å². The van der Waals surface area contributed by atoms with Crippen LogP contribution in [0.15, 0.2) is 12.1 Å². The number of benzene rings is 1. The number of carbonyl (C=O) groups excluding carboxylic acids is 1. The molecule has 0 saturated carbocycles. The van der Waals surface area contributed by atoms with Crippen LogP contribution in [-0.2, 0) is 0 Å². The second-order valence-corrected chi connectivity index (χ2v) is 4.26. The number of ketones is 1. The van der Waals surface area contributed by atoms with E-state index in [4.69, 9.17) is 14.2 Å². The molecule has 0 heterocycles. The van der Waals surface area contributed by atoms with Gasteiger partial charge in [-0.3, -0.25) is 4.79 Å². The fourth-order valence-electron chi connectivity index (χ4n) is 1.99. The van der Waals surface area contributed by atoms with Crippen LogP contribution in [0.2, 0.25) is 0 Å². The Morgan fingerprint density at radius 2 is 1.68 bits per heavy atom. The van der Waals surface area contributed by atoms with E-state index >= 15 is 0 Å². The van der Waals surface area contributed by atoms with Gasteiger partial charge in [-0.15, -0.1) is 0 Å². The Labute approximate surface area is 114 Å². The van der Waals surface area contributed by atoms with Crippen LogP contribution in [0.3, 0.4) is 0 Å². The maximum absolute atomic E-state index is 12.2. The standard InChI is InChI=1S/C15H22O4/c1-5-6-7-8-12(16)11-9-10-13(17-2)15(19-4)14(11)18-3/h9-10H,5-8H2,1-4H3. The molecule has 0 aliphatic heterocycles. The third-order valence-electron chi connectivity index (χ3n) is 3.01. The number of Topliss-reactive ketones (excluding diaryl/α,β-unsaturated/α-hetero) is 1. The summed E-state index contributed by atoms with van der Waals surface area (Å²) in [6.07, 6.45) is 3.57. The van der Waals surface area contributed by atoms with Crippen molar-refractivity contribution in [3.05, 3.63) is 17.7 Å². The molecule has 0 aromatic heterocycles. The molecule has 106 valence electrons. The Kier molecular flexibility index (Phi) is 6.19. The van der Waals surface area contributed by atoms with Gasteiger partial charge in [0.2, 0.25) is 5.75 Å². The van der Waals surface area contributed by atoms with Crippen LogP contribution in [-0.4, -0.2) is 27.1 Å². The highest BCUT2D eigenvalue weighted by Crippen LogP contribution is 2.40. The maximum Gasteiger partial charge on any atom is 0.204 e. The Morgan fingerprint density at radius 3 is 2.21 bits per heavy atom. The van der Waals surface area contributed by atoms with Gasteiger partial charge in [0.05, 0.1) is 26.9 Å². The van der Waals surface area contributed by atoms with Crippen LogP contribution < -0.4 is 14.2 Å². The molecule has 0 N–H and O–H groups in total. The summed E-state index contributed by atoms with van der Waals surface area (Å²) in [6, 6.07) is 3.46. The van der Waals surface area contributed by atoms with E-state index in [0.29, 0.717) is 29.2 Å². The van der Waals surface area contributed by atoms with Crippen molar-refractivity contribution in [2.24, 2.45) is 0 Å². The lowest BCUT2D eigenvalue weighted by atomic mass is 10.0. The lowest BCUT2D eigenvalue weighted by Gasteiger charge is -2.15. The van der Waals surface area contributed by atoms with E-state index in [0.717, 1.165) is 19.3 Å². The minimum Gasteiger partial charge on any atom is -0.493 e. The van der Waals surface area contributed by atoms with Gasteiger partial charge in [-0.1, -0.05) is 19.8 Å². The minimum absolute atomic E-state index is 0.0752. The maximum atomic E-state index is 12.2. The molecular formula is C15H22O4. The van der Waals surface area contributed by atoms with Crippen LogP contribution in [0, 0.1) is 0 Å². The second kappa shape index (κ2) is 7.67. The van der Waals surface area contributed by atoms with Gasteiger partial charge in [0.1, 0.15) is 0 Å². The lowest BCUT2D eigenvalue weighted by Crippen LogP contribution is -2.05. The number of ether oxygens (including phenoxy) is 3. The Balaban J connectivity index is 3.03. The predicted molar refractivity (Wildman–Crippen MR) is 74.6 cm³/mol. The zero-order valence-electron chi connectivity index (χ0n) is 12.1. The highest BCUT2D eigenvalue weighted by Gasteiger charge is 2.19. The SMILES string of the molecule is CCCCCC(=O)c1ccc(OC)c(OC)c1OC. The van der Waals surface area contributed by atoms with E-state index < -0.39 is 0 Å². The monoisotopic (exact) mass is 266 g/mol. The van der Waals surface area contributed by atoms with Crippen LogP contribution in [0.5, 0.6) is 17.2 Å². The molecule has 0 aliphatic rings. The molecule has 0 aliphatic carbocycles. The van der Waals surface area contributed by atoms with Crippen LogP contribution in [0.25, 0.3) is 0 Å². The minimum atomic E-state index is 0.0752. The van der Waals surface area contributed by atoms with E-state index in [-0.39, 0.29) is 5.78 Å². The molecule has 1 aromatic carbocycles. The van der Waals surface area contributed by atoms with Crippen LogP contribution in [0.1, 0.15) is 43.0 Å². The Morgan fingerprint density at radius 1 is 1.00 bits per heavy atom. The number of carbonyl (C=O) groups is 1. The normalized spacial score (nSPS) is 10.1. The molecule has 4 heteroatoms. The van der Waals surface area contributed by atoms with E-state index in [1.807, 2.05) is 0 Å². The van der Waals surface area contributed by atoms with Gasteiger partial charge in [0, 0.05) is 6.42 Å². The summed E-state index contributed by atoms with van der Waals surface area (Å²) in [5.41, 5.74) is 0.552. The fourth-order valence-corrected chi connectivity index (χ4v) is 1.99. The van der Waals surface area contributed by atoms with Crippen molar-refractivity contribution in [2.75, 3.05) is 21.3 Å². The van der Waals surface area contributed by atoms with E-state index in [9.17, 15) is 4.79 Å². The summed E-state index contributed by atoms with van der Waals surface area (Å²) in [5.74, 6) is 1.55. The van der Waals surface area contributed by atoms with Crippen molar-refractivity contribution in [3.8, 4) is 17.2 Å². The van der Waals surface area contributed by atoms with Gasteiger partial charge in [0.25, 0.3) is 0 Å².